The summed E-state index contributed by atoms with van der Waals surface area (Å²) in [5.74, 6) is 0.0331. The number of nitrogens with zero attached hydrogens (tertiary/aromatic N) is 1. The Kier molecular flexibility index (Phi) is 8.47. The summed E-state index contributed by atoms with van der Waals surface area (Å²) < 4.78 is 6.39. The van der Waals surface area contributed by atoms with E-state index in [1.807, 2.05) is 38.1 Å². The number of halogens is 2. The molecule has 2 amide bonds. The monoisotopic (exact) mass is 465 g/mol. The molecule has 28 heavy (non-hydrogen) atoms. The molecule has 8 heteroatoms. The van der Waals surface area contributed by atoms with Crippen molar-refractivity contribution in [1.29, 1.82) is 0 Å². The number of aryl methyl sites for hydroxylation is 1. The number of ether oxygens (including phenoxy) is 1. The van der Waals surface area contributed by atoms with E-state index >= 15 is 0 Å². The molecule has 0 heterocycles. The zero-order valence-corrected chi connectivity index (χ0v) is 17.9. The lowest BCUT2D eigenvalue weighted by molar-refractivity contribution is -0.124. The predicted octanol–water partition coefficient (Wildman–Crippen LogP) is 4.68. The molecular weight excluding hydrogens is 446 g/mol. The van der Waals surface area contributed by atoms with E-state index < -0.39 is 0 Å². The molecule has 2 rings (SSSR count). The average molecular weight is 467 g/mol. The standard InChI is InChI=1S/C20H21BrClN3O3/c1-3-28-18-7-5-15(21)10-14(18)12-23-25-20(27)9-8-19(26)24-16-6-4-13(2)17(22)11-16/h4-7,10-12H,3,8-9H2,1-2H3,(H,24,26)(H,25,27). The zero-order chi connectivity index (χ0) is 20.5. The number of rotatable bonds is 8. The van der Waals surface area contributed by atoms with E-state index in [1.54, 1.807) is 12.1 Å². The van der Waals surface area contributed by atoms with Gasteiger partial charge in [0.2, 0.25) is 11.8 Å². The summed E-state index contributed by atoms with van der Waals surface area (Å²) in [6, 6.07) is 10.8. The van der Waals surface area contributed by atoms with Crippen molar-refractivity contribution in [1.82, 2.24) is 5.43 Å². The van der Waals surface area contributed by atoms with Crippen molar-refractivity contribution in [3.8, 4) is 5.75 Å². The SMILES string of the molecule is CCOc1ccc(Br)cc1C=NNC(=O)CCC(=O)Nc1ccc(C)c(Cl)c1. The van der Waals surface area contributed by atoms with Gasteiger partial charge in [-0.25, -0.2) is 5.43 Å². The highest BCUT2D eigenvalue weighted by molar-refractivity contribution is 9.10. The highest BCUT2D eigenvalue weighted by atomic mass is 79.9. The highest BCUT2D eigenvalue weighted by Crippen LogP contribution is 2.22. The van der Waals surface area contributed by atoms with Gasteiger partial charge in [-0.3, -0.25) is 9.59 Å². The van der Waals surface area contributed by atoms with Crippen LogP contribution in [0.2, 0.25) is 5.02 Å². The third kappa shape index (κ3) is 6.98. The Labute approximate surface area is 177 Å². The van der Waals surface area contributed by atoms with Gasteiger partial charge in [-0.1, -0.05) is 33.6 Å². The Bertz CT molecular complexity index is 887. The normalized spacial score (nSPS) is 10.7. The Hall–Kier alpha value is -2.38. The van der Waals surface area contributed by atoms with E-state index in [2.05, 4.69) is 31.8 Å². The van der Waals surface area contributed by atoms with Gasteiger partial charge in [0.15, 0.2) is 0 Å². The van der Waals surface area contributed by atoms with Crippen molar-refractivity contribution in [3.63, 3.8) is 0 Å². The number of amides is 2. The smallest absolute Gasteiger partial charge is 0.240 e. The minimum absolute atomic E-state index is 0.0135. The Balaban J connectivity index is 1.82. The molecule has 0 spiro atoms. The van der Waals surface area contributed by atoms with Crippen LogP contribution in [-0.2, 0) is 9.59 Å². The minimum atomic E-state index is -0.360. The number of carbonyl (C=O) groups excluding carboxylic acids is 2. The molecule has 0 aliphatic heterocycles. The van der Waals surface area contributed by atoms with E-state index in [9.17, 15) is 9.59 Å². The van der Waals surface area contributed by atoms with Gasteiger partial charge >= 0.3 is 0 Å². The van der Waals surface area contributed by atoms with Crippen LogP contribution in [0.3, 0.4) is 0 Å². The fraction of sp³-hybridized carbons (Fsp3) is 0.250. The minimum Gasteiger partial charge on any atom is -0.493 e. The maximum absolute atomic E-state index is 12.0. The van der Waals surface area contributed by atoms with E-state index in [-0.39, 0.29) is 24.7 Å². The molecule has 0 saturated carbocycles. The summed E-state index contributed by atoms with van der Waals surface area (Å²) in [4.78, 5) is 23.9. The number of hydrogen-bond acceptors (Lipinski definition) is 4. The molecule has 0 aliphatic carbocycles. The molecule has 0 saturated heterocycles. The molecule has 2 aromatic carbocycles. The fourth-order valence-electron chi connectivity index (χ4n) is 2.26. The molecule has 6 nitrogen and oxygen atoms in total. The highest BCUT2D eigenvalue weighted by Gasteiger charge is 2.08. The topological polar surface area (TPSA) is 79.8 Å². The fourth-order valence-corrected chi connectivity index (χ4v) is 2.82. The summed E-state index contributed by atoms with van der Waals surface area (Å²) in [5.41, 5.74) is 4.66. The average Bonchev–Trinajstić information content (AvgIpc) is 2.65. The van der Waals surface area contributed by atoms with Crippen LogP contribution in [0.15, 0.2) is 46.0 Å². The van der Waals surface area contributed by atoms with Crippen molar-refractivity contribution in [2.24, 2.45) is 5.10 Å². The number of anilines is 1. The maximum atomic E-state index is 12.0. The summed E-state index contributed by atoms with van der Waals surface area (Å²) in [6.45, 7) is 4.29. The lowest BCUT2D eigenvalue weighted by Crippen LogP contribution is -2.20. The van der Waals surface area contributed by atoms with E-state index in [4.69, 9.17) is 16.3 Å². The predicted molar refractivity (Wildman–Crippen MR) is 115 cm³/mol. The van der Waals surface area contributed by atoms with Crippen molar-refractivity contribution >= 4 is 51.2 Å². The molecular formula is C20H21BrClN3O3. The molecule has 2 aromatic rings. The first-order valence-electron chi connectivity index (χ1n) is 8.69. The molecule has 0 aromatic heterocycles. The van der Waals surface area contributed by atoms with Gasteiger partial charge in [0.05, 0.1) is 12.8 Å². The zero-order valence-electron chi connectivity index (χ0n) is 15.6. The molecule has 2 N–H and O–H groups in total. The third-order valence-corrected chi connectivity index (χ3v) is 4.60. The van der Waals surface area contributed by atoms with Crippen LogP contribution in [0, 0.1) is 6.92 Å². The van der Waals surface area contributed by atoms with E-state index in [0.717, 1.165) is 15.6 Å². The van der Waals surface area contributed by atoms with E-state index in [1.165, 1.54) is 6.21 Å². The van der Waals surface area contributed by atoms with Crippen LogP contribution in [0.1, 0.15) is 30.9 Å². The molecule has 0 aliphatic rings. The molecule has 148 valence electrons. The van der Waals surface area contributed by atoms with Crippen LogP contribution in [0.5, 0.6) is 5.75 Å². The second-order valence-corrected chi connectivity index (χ2v) is 7.24. The molecule has 0 bridgehead atoms. The van der Waals surface area contributed by atoms with Crippen LogP contribution < -0.4 is 15.5 Å². The molecule has 0 atom stereocenters. The molecule has 0 radical (unpaired) electrons. The van der Waals surface area contributed by atoms with Crippen LogP contribution >= 0.6 is 27.5 Å². The second-order valence-electron chi connectivity index (χ2n) is 5.92. The summed E-state index contributed by atoms with van der Waals surface area (Å²) in [7, 11) is 0. The number of benzene rings is 2. The van der Waals surface area contributed by atoms with Gasteiger partial charge in [0.25, 0.3) is 0 Å². The van der Waals surface area contributed by atoms with Crippen molar-refractivity contribution in [2.75, 3.05) is 11.9 Å². The first-order valence-corrected chi connectivity index (χ1v) is 9.86. The Morgan fingerprint density at radius 1 is 1.18 bits per heavy atom. The molecule has 0 fully saturated rings. The van der Waals surface area contributed by atoms with Crippen molar-refractivity contribution < 1.29 is 14.3 Å². The maximum Gasteiger partial charge on any atom is 0.240 e. The van der Waals surface area contributed by atoms with Gasteiger partial charge in [-0.05, 0) is 49.7 Å². The summed E-state index contributed by atoms with van der Waals surface area (Å²) >= 11 is 9.42. The lowest BCUT2D eigenvalue weighted by atomic mass is 10.2. The van der Waals surface area contributed by atoms with Crippen LogP contribution in [0.4, 0.5) is 5.69 Å². The number of nitrogens with one attached hydrogen (secondary N) is 2. The number of carbonyl (C=O) groups is 2. The van der Waals surface area contributed by atoms with Gasteiger partial charge in [0.1, 0.15) is 5.75 Å². The van der Waals surface area contributed by atoms with Crippen molar-refractivity contribution in [3.05, 3.63) is 57.0 Å². The summed E-state index contributed by atoms with van der Waals surface area (Å²) in [6.07, 6.45) is 1.55. The largest absolute Gasteiger partial charge is 0.493 e. The third-order valence-electron chi connectivity index (χ3n) is 3.70. The molecule has 0 unspecified atom stereocenters. The first-order chi connectivity index (χ1) is 13.4. The summed E-state index contributed by atoms with van der Waals surface area (Å²) in [5, 5.41) is 7.22. The van der Waals surface area contributed by atoms with Gasteiger partial charge in [0, 0.05) is 33.6 Å². The quantitative estimate of drug-likeness (QED) is 0.438. The van der Waals surface area contributed by atoms with Crippen LogP contribution in [-0.4, -0.2) is 24.6 Å². The second kappa shape index (κ2) is 10.8. The Morgan fingerprint density at radius 2 is 1.93 bits per heavy atom. The van der Waals surface area contributed by atoms with Gasteiger partial charge in [-0.15, -0.1) is 0 Å². The number of hydrogen-bond donors (Lipinski definition) is 2. The van der Waals surface area contributed by atoms with E-state index in [0.29, 0.717) is 23.1 Å². The van der Waals surface area contributed by atoms with Gasteiger partial charge in [-0.2, -0.15) is 5.10 Å². The first kappa shape index (κ1) is 21.9. The van der Waals surface area contributed by atoms with Crippen LogP contribution in [0.25, 0.3) is 0 Å². The Morgan fingerprint density at radius 3 is 2.64 bits per heavy atom. The number of hydrazone groups is 1. The van der Waals surface area contributed by atoms with Gasteiger partial charge < -0.3 is 10.1 Å². The lowest BCUT2D eigenvalue weighted by Gasteiger charge is -2.07. The van der Waals surface area contributed by atoms with Crippen molar-refractivity contribution in [2.45, 2.75) is 26.7 Å².